The Morgan fingerprint density at radius 2 is 1.75 bits per heavy atom. The summed E-state index contributed by atoms with van der Waals surface area (Å²) >= 11 is 0. The summed E-state index contributed by atoms with van der Waals surface area (Å²) in [5.41, 5.74) is 3.04. The number of hydrogen-bond acceptors (Lipinski definition) is 4. The summed E-state index contributed by atoms with van der Waals surface area (Å²) in [4.78, 5) is 12.4. The molecule has 0 bridgehead atoms. The lowest BCUT2D eigenvalue weighted by atomic mass is 9.78. The largest absolute Gasteiger partial charge is 0.426 e. The van der Waals surface area contributed by atoms with E-state index in [4.69, 9.17) is 14.7 Å². The van der Waals surface area contributed by atoms with Crippen molar-refractivity contribution in [2.24, 2.45) is 5.92 Å². The van der Waals surface area contributed by atoms with Crippen LogP contribution in [0, 0.1) is 17.2 Å². The third kappa shape index (κ3) is 5.31. The summed E-state index contributed by atoms with van der Waals surface area (Å²) < 4.78 is 11.0. The summed E-state index contributed by atoms with van der Waals surface area (Å²) in [6.45, 7) is 4.80. The van der Waals surface area contributed by atoms with E-state index < -0.39 is 0 Å². The lowest BCUT2D eigenvalue weighted by Gasteiger charge is -2.27. The van der Waals surface area contributed by atoms with E-state index in [1.165, 1.54) is 5.56 Å². The summed E-state index contributed by atoms with van der Waals surface area (Å²) in [7, 11) is 0. The fourth-order valence-electron chi connectivity index (χ4n) is 3.61. The van der Waals surface area contributed by atoms with Crippen LogP contribution in [0.4, 0.5) is 0 Å². The minimum Gasteiger partial charge on any atom is -0.426 e. The number of carbonyl (C=O) groups excluding carboxylic acids is 1. The predicted molar refractivity (Wildman–Crippen MR) is 108 cm³/mol. The van der Waals surface area contributed by atoms with Crippen molar-refractivity contribution in [1.82, 2.24) is 0 Å². The van der Waals surface area contributed by atoms with Crippen molar-refractivity contribution >= 4 is 5.97 Å². The highest BCUT2D eigenvalue weighted by Crippen LogP contribution is 2.36. The van der Waals surface area contributed by atoms with E-state index in [2.05, 4.69) is 36.9 Å². The molecular weight excluding hydrogens is 350 g/mol. The lowest BCUT2D eigenvalue weighted by Crippen LogP contribution is -2.25. The zero-order valence-corrected chi connectivity index (χ0v) is 16.0. The Morgan fingerprint density at radius 1 is 1.07 bits per heavy atom. The van der Waals surface area contributed by atoms with Gasteiger partial charge in [0.05, 0.1) is 30.8 Å². The molecule has 2 aromatic carbocycles. The molecule has 0 radical (unpaired) electrons. The van der Waals surface area contributed by atoms with Gasteiger partial charge in [0.1, 0.15) is 5.75 Å². The van der Waals surface area contributed by atoms with Crippen molar-refractivity contribution in [2.75, 3.05) is 6.61 Å². The Morgan fingerprint density at radius 3 is 2.36 bits per heavy atom. The monoisotopic (exact) mass is 375 g/mol. The molecule has 1 fully saturated rings. The molecule has 3 rings (SSSR count). The van der Waals surface area contributed by atoms with Gasteiger partial charge in [-0.05, 0) is 67.0 Å². The Kier molecular flexibility index (Phi) is 7.00. The summed E-state index contributed by atoms with van der Waals surface area (Å²) in [5, 5.41) is 8.83. The van der Waals surface area contributed by atoms with Crippen LogP contribution in [0.1, 0.15) is 48.3 Å². The number of hydrogen-bond donors (Lipinski definition) is 0. The van der Waals surface area contributed by atoms with Gasteiger partial charge in [0.25, 0.3) is 0 Å². The highest BCUT2D eigenvalue weighted by Gasteiger charge is 2.28. The number of carbonyl (C=O) groups is 1. The van der Waals surface area contributed by atoms with Gasteiger partial charge in [0.15, 0.2) is 0 Å². The van der Waals surface area contributed by atoms with Crippen LogP contribution in [-0.4, -0.2) is 12.6 Å². The fraction of sp³-hybridized carbons (Fsp3) is 0.333. The first-order chi connectivity index (χ1) is 13.7. The first-order valence-corrected chi connectivity index (χ1v) is 9.69. The van der Waals surface area contributed by atoms with Gasteiger partial charge in [-0.2, -0.15) is 5.26 Å². The SMILES string of the molecule is C=CCOCc1ccc(C2CCC(C(=O)Oc3ccc(C#N)cc3)CC2)cc1. The van der Waals surface area contributed by atoms with Gasteiger partial charge in [-0.1, -0.05) is 30.3 Å². The number of benzene rings is 2. The molecule has 144 valence electrons. The Bertz CT molecular complexity index is 826. The highest BCUT2D eigenvalue weighted by molar-refractivity contribution is 5.75. The molecule has 0 aliphatic heterocycles. The molecule has 0 spiro atoms. The molecule has 0 aromatic heterocycles. The van der Waals surface area contributed by atoms with Crippen LogP contribution in [0.3, 0.4) is 0 Å². The number of rotatable bonds is 7. The average Bonchev–Trinajstić information content (AvgIpc) is 2.75. The number of nitriles is 1. The minimum atomic E-state index is -0.169. The zero-order chi connectivity index (χ0) is 19.8. The van der Waals surface area contributed by atoms with Crippen LogP contribution in [0.5, 0.6) is 5.75 Å². The molecule has 0 amide bonds. The van der Waals surface area contributed by atoms with E-state index >= 15 is 0 Å². The molecule has 1 aliphatic carbocycles. The van der Waals surface area contributed by atoms with E-state index in [1.54, 1.807) is 30.3 Å². The van der Waals surface area contributed by atoms with Crippen molar-refractivity contribution in [3.8, 4) is 11.8 Å². The molecule has 2 aromatic rings. The third-order valence-corrected chi connectivity index (χ3v) is 5.22. The third-order valence-electron chi connectivity index (χ3n) is 5.22. The molecule has 0 atom stereocenters. The van der Waals surface area contributed by atoms with Crippen molar-refractivity contribution in [2.45, 2.75) is 38.2 Å². The van der Waals surface area contributed by atoms with E-state index in [0.29, 0.717) is 30.4 Å². The maximum absolute atomic E-state index is 12.4. The first kappa shape index (κ1) is 19.9. The molecule has 1 saturated carbocycles. The summed E-state index contributed by atoms with van der Waals surface area (Å²) in [6, 6.07) is 17.3. The maximum atomic E-state index is 12.4. The molecule has 0 heterocycles. The van der Waals surface area contributed by atoms with E-state index in [9.17, 15) is 4.79 Å². The van der Waals surface area contributed by atoms with Crippen molar-refractivity contribution in [1.29, 1.82) is 5.26 Å². The normalized spacial score (nSPS) is 18.8. The predicted octanol–water partition coefficient (Wildman–Crippen LogP) is 5.14. The number of nitrogens with zero attached hydrogens (tertiary/aromatic N) is 1. The van der Waals surface area contributed by atoms with Gasteiger partial charge in [-0.25, -0.2) is 0 Å². The summed E-state index contributed by atoms with van der Waals surface area (Å²) in [6.07, 6.45) is 5.39. The topological polar surface area (TPSA) is 59.3 Å². The van der Waals surface area contributed by atoms with Gasteiger partial charge in [0, 0.05) is 0 Å². The Hall–Kier alpha value is -2.90. The second-order valence-corrected chi connectivity index (χ2v) is 7.15. The average molecular weight is 375 g/mol. The Balaban J connectivity index is 1.48. The number of ether oxygens (including phenoxy) is 2. The van der Waals surface area contributed by atoms with Gasteiger partial charge < -0.3 is 9.47 Å². The van der Waals surface area contributed by atoms with E-state index in [1.807, 2.05) is 0 Å². The zero-order valence-electron chi connectivity index (χ0n) is 16.0. The molecule has 28 heavy (non-hydrogen) atoms. The summed E-state index contributed by atoms with van der Waals surface area (Å²) in [5.74, 6) is 0.763. The van der Waals surface area contributed by atoms with Crippen LogP contribution >= 0.6 is 0 Å². The van der Waals surface area contributed by atoms with Crippen LogP contribution in [0.2, 0.25) is 0 Å². The van der Waals surface area contributed by atoms with Crippen molar-refractivity contribution < 1.29 is 14.3 Å². The van der Waals surface area contributed by atoms with Gasteiger partial charge >= 0.3 is 5.97 Å². The van der Waals surface area contributed by atoms with Crippen LogP contribution in [0.25, 0.3) is 0 Å². The van der Waals surface area contributed by atoms with Gasteiger partial charge in [-0.15, -0.1) is 6.58 Å². The molecule has 0 saturated heterocycles. The maximum Gasteiger partial charge on any atom is 0.314 e. The fourth-order valence-corrected chi connectivity index (χ4v) is 3.61. The van der Waals surface area contributed by atoms with E-state index in [-0.39, 0.29) is 11.9 Å². The lowest BCUT2D eigenvalue weighted by molar-refractivity contribution is -0.140. The smallest absolute Gasteiger partial charge is 0.314 e. The minimum absolute atomic E-state index is 0.0570. The highest BCUT2D eigenvalue weighted by atomic mass is 16.5. The van der Waals surface area contributed by atoms with Gasteiger partial charge in [-0.3, -0.25) is 4.79 Å². The quantitative estimate of drug-likeness (QED) is 0.291. The van der Waals surface area contributed by atoms with Crippen LogP contribution < -0.4 is 4.74 Å². The van der Waals surface area contributed by atoms with Crippen LogP contribution in [0.15, 0.2) is 61.2 Å². The molecule has 1 aliphatic rings. The van der Waals surface area contributed by atoms with Crippen molar-refractivity contribution in [3.63, 3.8) is 0 Å². The molecule has 4 nitrogen and oxygen atoms in total. The molecule has 0 unspecified atom stereocenters. The van der Waals surface area contributed by atoms with E-state index in [0.717, 1.165) is 31.2 Å². The van der Waals surface area contributed by atoms with Crippen LogP contribution in [-0.2, 0) is 16.1 Å². The second-order valence-electron chi connectivity index (χ2n) is 7.15. The Labute approximate surface area is 166 Å². The number of esters is 1. The molecule has 4 heteroatoms. The first-order valence-electron chi connectivity index (χ1n) is 9.69. The standard InChI is InChI=1S/C24H25NO3/c1-2-15-27-17-19-3-7-20(8-4-19)21-9-11-22(12-10-21)24(26)28-23-13-5-18(16-25)6-14-23/h2-8,13-14,21-22H,1,9-12,15,17H2. The second kappa shape index (κ2) is 9.87. The van der Waals surface area contributed by atoms with Crippen molar-refractivity contribution in [3.05, 3.63) is 77.9 Å². The van der Waals surface area contributed by atoms with Gasteiger partial charge in [0.2, 0.25) is 0 Å². The molecule has 0 N–H and O–H groups in total. The molecular formula is C24H25NO3.